The first kappa shape index (κ1) is 14.8. The molecular formula is C17H20N2. The number of nitrogens with zero attached hydrogens (tertiary/aromatic N) is 1. The summed E-state index contributed by atoms with van der Waals surface area (Å²) in [5.74, 6) is 0. The van der Waals surface area contributed by atoms with Crippen molar-refractivity contribution in [1.29, 1.82) is 5.26 Å². The fraction of sp³-hybridized carbons (Fsp3) is 0.235. The Hall–Kier alpha value is -2.27. The van der Waals surface area contributed by atoms with Crippen LogP contribution in [0.2, 0.25) is 0 Å². The number of anilines is 1. The van der Waals surface area contributed by atoms with E-state index in [4.69, 9.17) is 11.0 Å². The van der Waals surface area contributed by atoms with Crippen LogP contribution < -0.4 is 5.73 Å². The molecule has 0 atom stereocenters. The number of hydrogen-bond acceptors (Lipinski definition) is 2. The Morgan fingerprint density at radius 1 is 1.32 bits per heavy atom. The molecule has 98 valence electrons. The van der Waals surface area contributed by atoms with Gasteiger partial charge in [-0.1, -0.05) is 30.4 Å². The van der Waals surface area contributed by atoms with Crippen LogP contribution in [-0.2, 0) is 6.42 Å². The Kier molecular flexibility index (Phi) is 6.18. The first-order valence-electron chi connectivity index (χ1n) is 6.44. The fourth-order valence-corrected chi connectivity index (χ4v) is 1.83. The molecule has 0 unspecified atom stereocenters. The van der Waals surface area contributed by atoms with E-state index in [9.17, 15) is 0 Å². The van der Waals surface area contributed by atoms with Crippen LogP contribution in [0.3, 0.4) is 0 Å². The first-order chi connectivity index (χ1) is 9.21. The summed E-state index contributed by atoms with van der Waals surface area (Å²) in [6, 6.07) is 7.58. The Morgan fingerprint density at radius 3 is 2.74 bits per heavy atom. The van der Waals surface area contributed by atoms with Gasteiger partial charge in [-0.2, -0.15) is 5.26 Å². The second kappa shape index (κ2) is 7.94. The maximum atomic E-state index is 8.91. The van der Waals surface area contributed by atoms with Crippen molar-refractivity contribution < 1.29 is 0 Å². The Morgan fingerprint density at radius 2 is 2.11 bits per heavy atom. The summed E-state index contributed by atoms with van der Waals surface area (Å²) in [6.07, 6.45) is 12.0. The van der Waals surface area contributed by atoms with Crippen LogP contribution >= 0.6 is 0 Å². The van der Waals surface area contributed by atoms with E-state index >= 15 is 0 Å². The maximum absolute atomic E-state index is 8.91. The lowest BCUT2D eigenvalue weighted by Crippen LogP contribution is -1.96. The van der Waals surface area contributed by atoms with Gasteiger partial charge in [-0.25, -0.2) is 0 Å². The van der Waals surface area contributed by atoms with Gasteiger partial charge in [0, 0.05) is 5.69 Å². The van der Waals surface area contributed by atoms with E-state index in [2.05, 4.69) is 18.2 Å². The van der Waals surface area contributed by atoms with Gasteiger partial charge in [-0.15, -0.1) is 0 Å². The third kappa shape index (κ3) is 4.85. The van der Waals surface area contributed by atoms with Crippen LogP contribution in [0.1, 0.15) is 31.4 Å². The summed E-state index contributed by atoms with van der Waals surface area (Å²) < 4.78 is 0. The number of nitrogen functional groups attached to an aromatic ring is 1. The van der Waals surface area contributed by atoms with E-state index in [1.54, 1.807) is 12.1 Å². The minimum absolute atomic E-state index is 0.661. The molecule has 1 aromatic carbocycles. The normalized spacial score (nSPS) is 12.2. The van der Waals surface area contributed by atoms with E-state index in [0.29, 0.717) is 5.56 Å². The zero-order chi connectivity index (χ0) is 14.1. The predicted octanol–water partition coefficient (Wildman–Crippen LogP) is 4.15. The zero-order valence-corrected chi connectivity index (χ0v) is 11.6. The van der Waals surface area contributed by atoms with Gasteiger partial charge >= 0.3 is 0 Å². The van der Waals surface area contributed by atoms with Crippen molar-refractivity contribution in [3.05, 3.63) is 65.3 Å². The highest BCUT2D eigenvalue weighted by molar-refractivity contribution is 5.51. The molecule has 0 saturated heterocycles. The first-order valence-corrected chi connectivity index (χ1v) is 6.44. The van der Waals surface area contributed by atoms with E-state index in [1.807, 2.05) is 38.1 Å². The zero-order valence-electron chi connectivity index (χ0n) is 11.6. The van der Waals surface area contributed by atoms with Crippen molar-refractivity contribution in [3.63, 3.8) is 0 Å². The SMILES string of the molecule is C\C=C/C=C(\C=C/C)CCc1cc(C#N)ccc1N. The summed E-state index contributed by atoms with van der Waals surface area (Å²) in [7, 11) is 0. The summed E-state index contributed by atoms with van der Waals surface area (Å²) in [6.45, 7) is 4.01. The van der Waals surface area contributed by atoms with Crippen molar-refractivity contribution in [2.75, 3.05) is 5.73 Å². The van der Waals surface area contributed by atoms with E-state index in [0.717, 1.165) is 24.1 Å². The average molecular weight is 252 g/mol. The molecule has 0 radical (unpaired) electrons. The standard InChI is InChI=1S/C17H20N2/c1-3-5-7-14(6-4-2)8-10-16-12-15(13-18)9-11-17(16)19/h3-7,9,11-12H,8,10,19H2,1-2H3/b5-3-,6-4-,14-7+. The summed E-state index contributed by atoms with van der Waals surface area (Å²) in [5, 5.41) is 8.91. The van der Waals surface area contributed by atoms with Gasteiger partial charge in [-0.05, 0) is 56.0 Å². The number of allylic oxidation sites excluding steroid dienone is 6. The Labute approximate surface area is 115 Å². The number of rotatable bonds is 5. The molecule has 0 bridgehead atoms. The molecule has 0 aliphatic carbocycles. The molecule has 0 aromatic heterocycles. The number of hydrogen-bond donors (Lipinski definition) is 1. The van der Waals surface area contributed by atoms with Crippen molar-refractivity contribution in [1.82, 2.24) is 0 Å². The second-order valence-electron chi connectivity index (χ2n) is 4.29. The predicted molar refractivity (Wildman–Crippen MR) is 81.6 cm³/mol. The molecule has 1 rings (SSSR count). The van der Waals surface area contributed by atoms with Crippen LogP contribution in [0.25, 0.3) is 0 Å². The van der Waals surface area contributed by atoms with E-state index < -0.39 is 0 Å². The third-order valence-corrected chi connectivity index (χ3v) is 2.84. The van der Waals surface area contributed by atoms with Crippen molar-refractivity contribution in [2.45, 2.75) is 26.7 Å². The average Bonchev–Trinajstić information content (AvgIpc) is 2.43. The van der Waals surface area contributed by atoms with Gasteiger partial charge in [-0.3, -0.25) is 0 Å². The number of benzene rings is 1. The summed E-state index contributed by atoms with van der Waals surface area (Å²) >= 11 is 0. The molecule has 0 aliphatic rings. The van der Waals surface area contributed by atoms with Gasteiger partial charge in [0.1, 0.15) is 0 Å². The molecule has 2 N–H and O–H groups in total. The van der Waals surface area contributed by atoms with Crippen molar-refractivity contribution in [2.24, 2.45) is 0 Å². The molecule has 0 heterocycles. The highest BCUT2D eigenvalue weighted by atomic mass is 14.6. The Bertz CT molecular complexity index is 543. The number of nitriles is 1. The second-order valence-corrected chi connectivity index (χ2v) is 4.29. The van der Waals surface area contributed by atoms with Gasteiger partial charge in [0.15, 0.2) is 0 Å². The quantitative estimate of drug-likeness (QED) is 0.632. The molecule has 19 heavy (non-hydrogen) atoms. The Balaban J connectivity index is 2.82. The fourth-order valence-electron chi connectivity index (χ4n) is 1.83. The number of aryl methyl sites for hydroxylation is 1. The molecule has 0 spiro atoms. The van der Waals surface area contributed by atoms with Gasteiger partial charge in [0.2, 0.25) is 0 Å². The number of nitrogens with two attached hydrogens (primary N) is 1. The lowest BCUT2D eigenvalue weighted by molar-refractivity contribution is 0.966. The van der Waals surface area contributed by atoms with Crippen LogP contribution in [0.4, 0.5) is 5.69 Å². The molecule has 0 saturated carbocycles. The summed E-state index contributed by atoms with van der Waals surface area (Å²) in [4.78, 5) is 0. The third-order valence-electron chi connectivity index (χ3n) is 2.84. The molecule has 2 heteroatoms. The van der Waals surface area contributed by atoms with Crippen LogP contribution in [0, 0.1) is 11.3 Å². The molecule has 0 fully saturated rings. The van der Waals surface area contributed by atoms with Crippen molar-refractivity contribution in [3.8, 4) is 6.07 Å². The lowest BCUT2D eigenvalue weighted by Gasteiger charge is -2.06. The van der Waals surface area contributed by atoms with E-state index in [1.165, 1.54) is 5.57 Å². The molecule has 0 amide bonds. The van der Waals surface area contributed by atoms with Gasteiger partial charge in [0.25, 0.3) is 0 Å². The van der Waals surface area contributed by atoms with Crippen LogP contribution in [0.5, 0.6) is 0 Å². The van der Waals surface area contributed by atoms with Crippen molar-refractivity contribution >= 4 is 5.69 Å². The molecule has 0 aliphatic heterocycles. The topological polar surface area (TPSA) is 49.8 Å². The van der Waals surface area contributed by atoms with Gasteiger partial charge < -0.3 is 5.73 Å². The molecule has 2 nitrogen and oxygen atoms in total. The maximum Gasteiger partial charge on any atom is 0.0991 e. The molecule has 1 aromatic rings. The monoisotopic (exact) mass is 252 g/mol. The minimum Gasteiger partial charge on any atom is -0.399 e. The largest absolute Gasteiger partial charge is 0.399 e. The van der Waals surface area contributed by atoms with E-state index in [-0.39, 0.29) is 0 Å². The van der Waals surface area contributed by atoms with Gasteiger partial charge in [0.05, 0.1) is 11.6 Å². The summed E-state index contributed by atoms with van der Waals surface area (Å²) in [5.41, 5.74) is 9.65. The smallest absolute Gasteiger partial charge is 0.0991 e. The van der Waals surface area contributed by atoms with Crippen LogP contribution in [-0.4, -0.2) is 0 Å². The highest BCUT2D eigenvalue weighted by Crippen LogP contribution is 2.18. The van der Waals surface area contributed by atoms with Crippen LogP contribution in [0.15, 0.2) is 54.2 Å². The minimum atomic E-state index is 0.661. The molecular weight excluding hydrogens is 232 g/mol. The lowest BCUT2D eigenvalue weighted by atomic mass is 10.0. The highest BCUT2D eigenvalue weighted by Gasteiger charge is 2.02.